The third kappa shape index (κ3) is 0.502. The highest BCUT2D eigenvalue weighted by Gasteiger charge is 2.63. The first kappa shape index (κ1) is 6.22. The van der Waals surface area contributed by atoms with Crippen molar-refractivity contribution < 1.29 is 4.39 Å². The van der Waals surface area contributed by atoms with Crippen LogP contribution in [0.2, 0.25) is 0 Å². The molecule has 0 spiro atoms. The Morgan fingerprint density at radius 2 is 2.36 bits per heavy atom. The summed E-state index contributed by atoms with van der Waals surface area (Å²) in [5, 5.41) is 0. The molecule has 0 radical (unpaired) electrons. The molecule has 3 fully saturated rings. The SMILES string of the molecule is CC1CC2CC3C1=CCC23F. The number of alkyl halides is 1. The molecule has 0 aromatic heterocycles. The molecule has 0 aliphatic heterocycles. The molecule has 0 aromatic rings. The van der Waals surface area contributed by atoms with Crippen LogP contribution in [0.15, 0.2) is 11.6 Å². The van der Waals surface area contributed by atoms with Crippen molar-refractivity contribution in [2.75, 3.05) is 0 Å². The molecule has 0 aromatic carbocycles. The van der Waals surface area contributed by atoms with E-state index < -0.39 is 5.67 Å². The minimum atomic E-state index is -0.762. The zero-order valence-corrected chi connectivity index (χ0v) is 6.81. The quantitative estimate of drug-likeness (QED) is 0.468. The summed E-state index contributed by atoms with van der Waals surface area (Å²) in [5.74, 6) is 1.44. The molecule has 0 nitrogen and oxygen atoms in total. The molecule has 4 rings (SSSR count). The van der Waals surface area contributed by atoms with Crippen LogP contribution in [-0.2, 0) is 0 Å². The van der Waals surface area contributed by atoms with E-state index >= 15 is 0 Å². The molecule has 1 heteroatoms. The van der Waals surface area contributed by atoms with Gasteiger partial charge in [0.05, 0.1) is 0 Å². The number of fused-ring (bicyclic) bond motifs is 1. The lowest BCUT2D eigenvalue weighted by Gasteiger charge is -2.54. The zero-order chi connectivity index (χ0) is 7.64. The highest BCUT2D eigenvalue weighted by atomic mass is 19.1. The minimum Gasteiger partial charge on any atom is -0.243 e. The smallest absolute Gasteiger partial charge is 0.123 e. The Morgan fingerprint density at radius 1 is 1.55 bits per heavy atom. The number of hydrogen-bond donors (Lipinski definition) is 0. The highest BCUT2D eigenvalue weighted by Crippen LogP contribution is 2.65. The van der Waals surface area contributed by atoms with Gasteiger partial charge < -0.3 is 0 Å². The van der Waals surface area contributed by atoms with Gasteiger partial charge in [0, 0.05) is 12.3 Å². The normalized spacial score (nSPS) is 58.7. The van der Waals surface area contributed by atoms with E-state index in [2.05, 4.69) is 13.0 Å². The Morgan fingerprint density at radius 3 is 3.09 bits per heavy atom. The fourth-order valence-electron chi connectivity index (χ4n) is 3.34. The summed E-state index contributed by atoms with van der Waals surface area (Å²) < 4.78 is 13.9. The van der Waals surface area contributed by atoms with Crippen LogP contribution in [0.1, 0.15) is 26.2 Å². The van der Waals surface area contributed by atoms with Crippen LogP contribution in [0.25, 0.3) is 0 Å². The van der Waals surface area contributed by atoms with E-state index in [1.54, 1.807) is 0 Å². The van der Waals surface area contributed by atoms with E-state index in [4.69, 9.17) is 0 Å². The highest BCUT2D eigenvalue weighted by molar-refractivity contribution is 5.34. The number of rotatable bonds is 0. The van der Waals surface area contributed by atoms with Gasteiger partial charge in [-0.3, -0.25) is 0 Å². The van der Waals surface area contributed by atoms with E-state index in [9.17, 15) is 4.39 Å². The average Bonchev–Trinajstić information content (AvgIpc) is 2.19. The summed E-state index contributed by atoms with van der Waals surface area (Å²) in [7, 11) is 0. The Hall–Kier alpha value is -0.330. The van der Waals surface area contributed by atoms with Crippen molar-refractivity contribution in [1.29, 1.82) is 0 Å². The standard InChI is InChI=1S/C10H13F/c1-6-4-7-5-9-8(6)2-3-10(7,9)11/h2,6-7,9H,3-5H2,1H3. The number of halogens is 1. The van der Waals surface area contributed by atoms with Crippen LogP contribution in [0.5, 0.6) is 0 Å². The Kier molecular flexibility index (Phi) is 0.875. The molecule has 4 aliphatic carbocycles. The summed E-state index contributed by atoms with van der Waals surface area (Å²) >= 11 is 0. The van der Waals surface area contributed by atoms with Gasteiger partial charge in [0.1, 0.15) is 5.67 Å². The third-order valence-electron chi connectivity index (χ3n) is 4.04. The molecule has 0 N–H and O–H groups in total. The van der Waals surface area contributed by atoms with Crippen molar-refractivity contribution in [3.8, 4) is 0 Å². The molecule has 60 valence electrons. The first-order valence-electron chi connectivity index (χ1n) is 4.60. The summed E-state index contributed by atoms with van der Waals surface area (Å²) in [6.45, 7) is 2.25. The molecule has 3 saturated carbocycles. The largest absolute Gasteiger partial charge is 0.243 e. The molecule has 4 bridgehead atoms. The first-order chi connectivity index (χ1) is 5.22. The zero-order valence-electron chi connectivity index (χ0n) is 6.81. The van der Waals surface area contributed by atoms with Crippen molar-refractivity contribution >= 4 is 0 Å². The number of hydrogen-bond acceptors (Lipinski definition) is 0. The molecular weight excluding hydrogens is 139 g/mol. The Labute approximate surface area is 66.5 Å². The van der Waals surface area contributed by atoms with E-state index in [0.717, 1.165) is 19.3 Å². The van der Waals surface area contributed by atoms with Gasteiger partial charge in [-0.15, -0.1) is 0 Å². The van der Waals surface area contributed by atoms with Gasteiger partial charge >= 0.3 is 0 Å². The van der Waals surface area contributed by atoms with Gasteiger partial charge in [-0.05, 0) is 24.7 Å². The maximum absolute atomic E-state index is 13.9. The van der Waals surface area contributed by atoms with Crippen molar-refractivity contribution in [3.05, 3.63) is 11.6 Å². The average molecular weight is 152 g/mol. The van der Waals surface area contributed by atoms with Gasteiger partial charge in [-0.25, -0.2) is 4.39 Å². The van der Waals surface area contributed by atoms with E-state index in [-0.39, 0.29) is 0 Å². The second kappa shape index (κ2) is 1.55. The van der Waals surface area contributed by atoms with E-state index in [0.29, 0.717) is 17.8 Å². The maximum Gasteiger partial charge on any atom is 0.123 e. The van der Waals surface area contributed by atoms with Crippen LogP contribution in [0, 0.1) is 17.8 Å². The number of allylic oxidation sites excluding steroid dienone is 2. The molecular formula is C10H13F. The van der Waals surface area contributed by atoms with Gasteiger partial charge in [0.15, 0.2) is 0 Å². The lowest BCUT2D eigenvalue weighted by atomic mass is 9.53. The second-order valence-electron chi connectivity index (χ2n) is 4.46. The van der Waals surface area contributed by atoms with Gasteiger partial charge in [0.25, 0.3) is 0 Å². The molecule has 4 unspecified atom stereocenters. The topological polar surface area (TPSA) is 0 Å². The second-order valence-corrected chi connectivity index (χ2v) is 4.46. The van der Waals surface area contributed by atoms with Crippen LogP contribution in [0.4, 0.5) is 4.39 Å². The summed E-state index contributed by atoms with van der Waals surface area (Å²) in [6, 6.07) is 0. The molecule has 4 aliphatic rings. The molecule has 0 saturated heterocycles. The van der Waals surface area contributed by atoms with Crippen LogP contribution in [-0.4, -0.2) is 5.67 Å². The molecule has 0 amide bonds. The third-order valence-corrected chi connectivity index (χ3v) is 4.04. The van der Waals surface area contributed by atoms with Crippen molar-refractivity contribution in [3.63, 3.8) is 0 Å². The van der Waals surface area contributed by atoms with Crippen LogP contribution in [0.3, 0.4) is 0 Å². The van der Waals surface area contributed by atoms with Crippen LogP contribution >= 0.6 is 0 Å². The van der Waals surface area contributed by atoms with Gasteiger partial charge in [0.2, 0.25) is 0 Å². The van der Waals surface area contributed by atoms with E-state index in [1.165, 1.54) is 5.57 Å². The van der Waals surface area contributed by atoms with Crippen molar-refractivity contribution in [1.82, 2.24) is 0 Å². The summed E-state index contributed by atoms with van der Waals surface area (Å²) in [6.07, 6.45) is 5.15. The Bertz CT molecular complexity index is 243. The maximum atomic E-state index is 13.9. The summed E-state index contributed by atoms with van der Waals surface area (Å²) in [5.41, 5.74) is 0.678. The first-order valence-corrected chi connectivity index (χ1v) is 4.60. The van der Waals surface area contributed by atoms with Gasteiger partial charge in [-0.1, -0.05) is 18.6 Å². The lowest BCUT2D eigenvalue weighted by Crippen LogP contribution is -2.54. The molecule has 11 heavy (non-hydrogen) atoms. The minimum absolute atomic E-state index is 0.344. The molecule has 4 atom stereocenters. The molecule has 0 heterocycles. The lowest BCUT2D eigenvalue weighted by molar-refractivity contribution is -0.0848. The fraction of sp³-hybridized carbons (Fsp3) is 0.800. The van der Waals surface area contributed by atoms with Gasteiger partial charge in [-0.2, -0.15) is 0 Å². The van der Waals surface area contributed by atoms with Crippen molar-refractivity contribution in [2.45, 2.75) is 31.9 Å². The van der Waals surface area contributed by atoms with E-state index in [1.807, 2.05) is 0 Å². The predicted molar refractivity (Wildman–Crippen MR) is 41.9 cm³/mol. The predicted octanol–water partition coefficient (Wildman–Crippen LogP) is 2.70. The monoisotopic (exact) mass is 152 g/mol. The van der Waals surface area contributed by atoms with Crippen LogP contribution < -0.4 is 0 Å². The fourth-order valence-corrected chi connectivity index (χ4v) is 3.34. The summed E-state index contributed by atoms with van der Waals surface area (Å²) in [4.78, 5) is 0. The van der Waals surface area contributed by atoms with Crippen molar-refractivity contribution in [2.24, 2.45) is 17.8 Å². The Balaban J connectivity index is 2.06.